The van der Waals surface area contributed by atoms with Gasteiger partial charge in [0.25, 0.3) is 0 Å². The van der Waals surface area contributed by atoms with Crippen LogP contribution in [-0.2, 0) is 0 Å². The molecule has 0 aliphatic rings. The maximum Gasteiger partial charge on any atom is 0.214 e. The number of thiophene rings is 1. The van der Waals surface area contributed by atoms with Crippen LogP contribution in [0.2, 0.25) is 4.34 Å². The Kier molecular flexibility index (Phi) is 4.94. The van der Waals surface area contributed by atoms with Gasteiger partial charge in [-0.25, -0.2) is 0 Å². The van der Waals surface area contributed by atoms with Gasteiger partial charge in [-0.05, 0) is 46.8 Å². The van der Waals surface area contributed by atoms with Gasteiger partial charge >= 0.3 is 0 Å². The number of nitrogens with zero attached hydrogens (tertiary/aromatic N) is 4. The SMILES string of the molecule is COc1ccc(-n2nnnc2SCC(=O)c2ccc(Cl)s2)cc1. The molecule has 0 saturated carbocycles. The monoisotopic (exact) mass is 366 g/mol. The van der Waals surface area contributed by atoms with E-state index in [9.17, 15) is 4.79 Å². The van der Waals surface area contributed by atoms with Gasteiger partial charge in [0.15, 0.2) is 5.78 Å². The summed E-state index contributed by atoms with van der Waals surface area (Å²) in [5.41, 5.74) is 0.796. The minimum atomic E-state index is -0.00354. The first-order chi connectivity index (χ1) is 11.2. The topological polar surface area (TPSA) is 69.9 Å². The molecule has 3 rings (SSSR count). The van der Waals surface area contributed by atoms with Crippen LogP contribution in [0.1, 0.15) is 9.67 Å². The van der Waals surface area contributed by atoms with Crippen LogP contribution in [0.25, 0.3) is 5.69 Å². The minimum Gasteiger partial charge on any atom is -0.497 e. The van der Waals surface area contributed by atoms with Gasteiger partial charge in [-0.2, -0.15) is 4.68 Å². The molecule has 0 amide bonds. The van der Waals surface area contributed by atoms with Crippen LogP contribution in [0.5, 0.6) is 5.75 Å². The largest absolute Gasteiger partial charge is 0.497 e. The average molecular weight is 367 g/mol. The number of halogens is 1. The standard InChI is InChI=1S/C14H11ClN4O2S2/c1-21-10-4-2-9(3-5-10)19-14(16-17-18-19)22-8-11(20)12-6-7-13(15)23-12/h2-7H,8H2,1H3. The van der Waals surface area contributed by atoms with E-state index in [-0.39, 0.29) is 11.5 Å². The van der Waals surface area contributed by atoms with Crippen LogP contribution in [0.15, 0.2) is 41.6 Å². The lowest BCUT2D eigenvalue weighted by atomic mass is 10.3. The molecule has 0 N–H and O–H groups in total. The number of hydrogen-bond donors (Lipinski definition) is 0. The quantitative estimate of drug-likeness (QED) is 0.492. The van der Waals surface area contributed by atoms with Crippen molar-refractivity contribution >= 4 is 40.5 Å². The predicted octanol–water partition coefficient (Wildman–Crippen LogP) is 3.36. The first-order valence-electron chi connectivity index (χ1n) is 6.51. The molecule has 2 heterocycles. The molecule has 0 fully saturated rings. The Hall–Kier alpha value is -1.90. The van der Waals surface area contributed by atoms with Gasteiger partial charge in [-0.15, -0.1) is 16.4 Å². The van der Waals surface area contributed by atoms with Gasteiger partial charge in [-0.1, -0.05) is 23.4 Å². The summed E-state index contributed by atoms with van der Waals surface area (Å²) < 4.78 is 7.31. The Morgan fingerprint density at radius 1 is 1.30 bits per heavy atom. The second-order valence-corrected chi connectivity index (χ2v) is 7.04. The average Bonchev–Trinajstić information content (AvgIpc) is 3.21. The molecule has 0 atom stereocenters. The van der Waals surface area contributed by atoms with E-state index in [4.69, 9.17) is 16.3 Å². The van der Waals surface area contributed by atoms with Crippen LogP contribution in [0, 0.1) is 0 Å². The van der Waals surface area contributed by atoms with Gasteiger partial charge in [0, 0.05) is 0 Å². The van der Waals surface area contributed by atoms with Crippen LogP contribution in [0.3, 0.4) is 0 Å². The zero-order chi connectivity index (χ0) is 16.2. The van der Waals surface area contributed by atoms with E-state index in [2.05, 4.69) is 15.5 Å². The lowest BCUT2D eigenvalue weighted by Gasteiger charge is -2.05. The number of carbonyl (C=O) groups is 1. The fourth-order valence-corrected chi connectivity index (χ4v) is 3.67. The molecule has 2 aromatic heterocycles. The summed E-state index contributed by atoms with van der Waals surface area (Å²) in [4.78, 5) is 12.8. The Bertz CT molecular complexity index is 816. The lowest BCUT2D eigenvalue weighted by molar-refractivity contribution is 0.102. The number of benzene rings is 1. The summed E-state index contributed by atoms with van der Waals surface area (Å²) in [5, 5.41) is 12.1. The number of hydrogen-bond acceptors (Lipinski definition) is 7. The smallest absolute Gasteiger partial charge is 0.214 e. The summed E-state index contributed by atoms with van der Waals surface area (Å²) in [6.45, 7) is 0. The molecule has 0 unspecified atom stereocenters. The third-order valence-corrected chi connectivity index (χ3v) is 5.13. The van der Waals surface area contributed by atoms with Crippen molar-refractivity contribution in [1.29, 1.82) is 0 Å². The molecular formula is C14H11ClN4O2S2. The van der Waals surface area contributed by atoms with E-state index in [1.165, 1.54) is 23.1 Å². The van der Waals surface area contributed by atoms with Crippen molar-refractivity contribution in [1.82, 2.24) is 20.2 Å². The second kappa shape index (κ2) is 7.12. The Morgan fingerprint density at radius 2 is 2.09 bits per heavy atom. The normalized spacial score (nSPS) is 10.7. The zero-order valence-corrected chi connectivity index (χ0v) is 14.4. The molecule has 0 aliphatic carbocycles. The Morgan fingerprint density at radius 3 is 2.74 bits per heavy atom. The lowest BCUT2D eigenvalue weighted by Crippen LogP contribution is -2.03. The fraction of sp³-hybridized carbons (Fsp3) is 0.143. The molecule has 0 bridgehead atoms. The first-order valence-corrected chi connectivity index (χ1v) is 8.69. The van der Waals surface area contributed by atoms with Crippen molar-refractivity contribution in [3.05, 3.63) is 45.6 Å². The van der Waals surface area contributed by atoms with E-state index in [1.807, 2.05) is 24.3 Å². The number of thioether (sulfide) groups is 1. The number of aromatic nitrogens is 4. The Labute approximate surface area is 145 Å². The van der Waals surface area contributed by atoms with E-state index in [0.717, 1.165) is 11.4 Å². The summed E-state index contributed by atoms with van der Waals surface area (Å²) in [6, 6.07) is 10.8. The third kappa shape index (κ3) is 3.72. The van der Waals surface area contributed by atoms with Crippen molar-refractivity contribution < 1.29 is 9.53 Å². The van der Waals surface area contributed by atoms with Crippen LogP contribution in [0.4, 0.5) is 0 Å². The van der Waals surface area contributed by atoms with Crippen molar-refractivity contribution in [2.45, 2.75) is 5.16 Å². The van der Waals surface area contributed by atoms with E-state index < -0.39 is 0 Å². The highest BCUT2D eigenvalue weighted by Crippen LogP contribution is 2.25. The number of Topliss-reactive ketones (excluding diaryl/α,β-unsaturated/α-hetero) is 1. The highest BCUT2D eigenvalue weighted by atomic mass is 35.5. The summed E-state index contributed by atoms with van der Waals surface area (Å²) in [5.74, 6) is 0.991. The molecule has 0 radical (unpaired) electrons. The van der Waals surface area contributed by atoms with E-state index in [0.29, 0.717) is 14.4 Å². The first kappa shape index (κ1) is 16.0. The predicted molar refractivity (Wildman–Crippen MR) is 90.1 cm³/mol. The third-order valence-electron chi connectivity index (χ3n) is 2.94. The minimum absolute atomic E-state index is 0.00354. The van der Waals surface area contributed by atoms with Crippen molar-refractivity contribution in [2.75, 3.05) is 12.9 Å². The molecule has 3 aromatic rings. The van der Waals surface area contributed by atoms with E-state index in [1.54, 1.807) is 23.9 Å². The highest BCUT2D eigenvalue weighted by Gasteiger charge is 2.14. The van der Waals surface area contributed by atoms with Crippen molar-refractivity contribution in [3.8, 4) is 11.4 Å². The van der Waals surface area contributed by atoms with Crippen LogP contribution in [-0.4, -0.2) is 38.9 Å². The molecule has 0 saturated heterocycles. The summed E-state index contributed by atoms with van der Waals surface area (Å²) in [6.07, 6.45) is 0. The maximum absolute atomic E-state index is 12.1. The van der Waals surface area contributed by atoms with Gasteiger partial charge in [-0.3, -0.25) is 4.79 Å². The van der Waals surface area contributed by atoms with Crippen LogP contribution < -0.4 is 4.74 Å². The molecule has 9 heteroatoms. The summed E-state index contributed by atoms with van der Waals surface area (Å²) >= 11 is 8.40. The fourth-order valence-electron chi connectivity index (χ4n) is 1.82. The van der Waals surface area contributed by atoms with Crippen LogP contribution >= 0.6 is 34.7 Å². The van der Waals surface area contributed by atoms with Gasteiger partial charge in [0.05, 0.1) is 27.8 Å². The van der Waals surface area contributed by atoms with Crippen molar-refractivity contribution in [2.24, 2.45) is 0 Å². The molecule has 6 nitrogen and oxygen atoms in total. The molecular weight excluding hydrogens is 356 g/mol. The zero-order valence-electron chi connectivity index (χ0n) is 12.0. The number of methoxy groups -OCH3 is 1. The van der Waals surface area contributed by atoms with Crippen molar-refractivity contribution in [3.63, 3.8) is 0 Å². The summed E-state index contributed by atoms with van der Waals surface area (Å²) in [7, 11) is 1.61. The van der Waals surface area contributed by atoms with E-state index >= 15 is 0 Å². The molecule has 0 spiro atoms. The van der Waals surface area contributed by atoms with Gasteiger partial charge < -0.3 is 4.74 Å². The Balaban J connectivity index is 1.72. The number of tetrazole rings is 1. The van der Waals surface area contributed by atoms with Gasteiger partial charge in [0.2, 0.25) is 5.16 Å². The number of carbonyl (C=O) groups excluding carboxylic acids is 1. The maximum atomic E-state index is 12.1. The number of ketones is 1. The second-order valence-electron chi connectivity index (χ2n) is 4.39. The number of ether oxygens (including phenoxy) is 1. The molecule has 118 valence electrons. The van der Waals surface area contributed by atoms with Gasteiger partial charge in [0.1, 0.15) is 5.75 Å². The number of rotatable bonds is 6. The molecule has 0 aliphatic heterocycles. The highest BCUT2D eigenvalue weighted by molar-refractivity contribution is 7.99. The molecule has 23 heavy (non-hydrogen) atoms. The molecule has 1 aromatic carbocycles.